The third kappa shape index (κ3) is 2.91. The van der Waals surface area contributed by atoms with Crippen LogP contribution in [0.1, 0.15) is 27.2 Å². The first-order valence-corrected chi connectivity index (χ1v) is 9.67. The van der Waals surface area contributed by atoms with Gasteiger partial charge in [0.2, 0.25) is 0 Å². The Morgan fingerprint density at radius 1 is 1.23 bits per heavy atom. The summed E-state index contributed by atoms with van der Waals surface area (Å²) in [5.41, 5.74) is 6.44. The van der Waals surface area contributed by atoms with Crippen molar-refractivity contribution in [1.82, 2.24) is 9.78 Å². The van der Waals surface area contributed by atoms with Gasteiger partial charge in [-0.1, -0.05) is 29.3 Å². The lowest BCUT2D eigenvalue weighted by Gasteiger charge is -2.17. The van der Waals surface area contributed by atoms with Crippen LogP contribution in [0.25, 0.3) is 11.3 Å². The molecule has 1 aliphatic rings. The first-order valence-electron chi connectivity index (χ1n) is 8.31. The standard InChI is InChI=1S/C20H18ClN3OS/c1-11-4-6-16(12(2)8-11)22-20(25)18-15-10-26-17-7-5-13(21)9-14(17)19(15)24(3)23-18/h4-9H,10H2,1-3H3,(H,22,25). The molecule has 1 aromatic heterocycles. The molecule has 132 valence electrons. The average molecular weight is 384 g/mol. The van der Waals surface area contributed by atoms with Crippen molar-refractivity contribution in [3.05, 3.63) is 63.8 Å². The van der Waals surface area contributed by atoms with E-state index in [1.807, 2.05) is 51.2 Å². The molecule has 2 heterocycles. The molecule has 26 heavy (non-hydrogen) atoms. The summed E-state index contributed by atoms with van der Waals surface area (Å²) in [5.74, 6) is 0.535. The van der Waals surface area contributed by atoms with Gasteiger partial charge in [-0.05, 0) is 43.7 Å². The van der Waals surface area contributed by atoms with Crippen LogP contribution < -0.4 is 5.32 Å². The first-order chi connectivity index (χ1) is 12.4. The zero-order valence-corrected chi connectivity index (χ0v) is 16.3. The first kappa shape index (κ1) is 17.2. The summed E-state index contributed by atoms with van der Waals surface area (Å²) >= 11 is 7.89. The molecule has 2 aromatic carbocycles. The molecule has 0 saturated heterocycles. The average Bonchev–Trinajstić information content (AvgIpc) is 2.94. The van der Waals surface area contributed by atoms with Crippen molar-refractivity contribution in [3.8, 4) is 11.3 Å². The lowest BCUT2D eigenvalue weighted by atomic mass is 10.1. The number of aromatic nitrogens is 2. The molecular weight excluding hydrogens is 366 g/mol. The summed E-state index contributed by atoms with van der Waals surface area (Å²) < 4.78 is 1.78. The van der Waals surface area contributed by atoms with Gasteiger partial charge in [-0.2, -0.15) is 5.10 Å². The summed E-state index contributed by atoms with van der Waals surface area (Å²) in [6, 6.07) is 11.8. The minimum absolute atomic E-state index is 0.181. The summed E-state index contributed by atoms with van der Waals surface area (Å²) in [6.07, 6.45) is 0. The van der Waals surface area contributed by atoms with Crippen molar-refractivity contribution >= 4 is 35.0 Å². The number of fused-ring (bicyclic) bond motifs is 3. The molecule has 4 nitrogen and oxygen atoms in total. The maximum Gasteiger partial charge on any atom is 0.276 e. The topological polar surface area (TPSA) is 46.9 Å². The van der Waals surface area contributed by atoms with Crippen LogP contribution >= 0.6 is 23.4 Å². The van der Waals surface area contributed by atoms with Gasteiger partial charge in [0.05, 0.1) is 5.69 Å². The summed E-state index contributed by atoms with van der Waals surface area (Å²) in [7, 11) is 1.87. The van der Waals surface area contributed by atoms with E-state index in [9.17, 15) is 4.79 Å². The van der Waals surface area contributed by atoms with Gasteiger partial charge in [-0.3, -0.25) is 9.48 Å². The number of benzene rings is 2. The molecule has 1 aliphatic heterocycles. The maximum atomic E-state index is 12.9. The highest BCUT2D eigenvalue weighted by Gasteiger charge is 2.28. The van der Waals surface area contributed by atoms with Crippen LogP contribution in [0.3, 0.4) is 0 Å². The number of hydrogen-bond donors (Lipinski definition) is 1. The molecule has 3 aromatic rings. The number of carbonyl (C=O) groups excluding carboxylic acids is 1. The number of halogens is 1. The van der Waals surface area contributed by atoms with Crippen molar-refractivity contribution < 1.29 is 4.79 Å². The third-order valence-corrected chi connectivity index (χ3v) is 5.89. The number of hydrogen-bond acceptors (Lipinski definition) is 3. The zero-order valence-electron chi connectivity index (χ0n) is 14.8. The van der Waals surface area contributed by atoms with E-state index in [1.165, 1.54) is 5.56 Å². The van der Waals surface area contributed by atoms with Crippen LogP contribution in [-0.2, 0) is 12.8 Å². The Bertz CT molecular complexity index is 1040. The molecule has 0 saturated carbocycles. The molecule has 0 radical (unpaired) electrons. The molecule has 4 rings (SSSR count). The largest absolute Gasteiger partial charge is 0.320 e. The molecular formula is C20H18ClN3OS. The van der Waals surface area contributed by atoms with Gasteiger partial charge < -0.3 is 5.32 Å². The Labute approximate surface area is 161 Å². The van der Waals surface area contributed by atoms with Gasteiger partial charge >= 0.3 is 0 Å². The van der Waals surface area contributed by atoms with Crippen molar-refractivity contribution in [3.63, 3.8) is 0 Å². The van der Waals surface area contributed by atoms with Gasteiger partial charge in [0.25, 0.3) is 5.91 Å². The Kier molecular flexibility index (Phi) is 4.29. The molecule has 0 fully saturated rings. The third-order valence-electron chi connectivity index (χ3n) is 4.56. The van der Waals surface area contributed by atoms with Crippen LogP contribution in [0.15, 0.2) is 41.3 Å². The molecule has 1 amide bonds. The van der Waals surface area contributed by atoms with Crippen LogP contribution in [-0.4, -0.2) is 15.7 Å². The van der Waals surface area contributed by atoms with Gasteiger partial charge in [0.15, 0.2) is 5.69 Å². The van der Waals surface area contributed by atoms with E-state index >= 15 is 0 Å². The van der Waals surface area contributed by atoms with Crippen molar-refractivity contribution in [2.75, 3.05) is 5.32 Å². The van der Waals surface area contributed by atoms with E-state index < -0.39 is 0 Å². The Balaban J connectivity index is 1.73. The number of aryl methyl sites for hydroxylation is 3. The van der Waals surface area contributed by atoms with E-state index in [1.54, 1.807) is 16.4 Å². The number of carbonyl (C=O) groups is 1. The van der Waals surface area contributed by atoms with E-state index in [2.05, 4.69) is 16.5 Å². The normalized spacial score (nSPS) is 12.5. The quantitative estimate of drug-likeness (QED) is 0.660. The fraction of sp³-hybridized carbons (Fsp3) is 0.200. The second kappa shape index (κ2) is 6.49. The van der Waals surface area contributed by atoms with E-state index in [4.69, 9.17) is 11.6 Å². The molecule has 0 aliphatic carbocycles. The fourth-order valence-corrected chi connectivity index (χ4v) is 4.54. The van der Waals surface area contributed by atoms with E-state index in [0.717, 1.165) is 33.0 Å². The molecule has 0 atom stereocenters. The summed E-state index contributed by atoms with van der Waals surface area (Å²) in [6.45, 7) is 4.03. The van der Waals surface area contributed by atoms with Gasteiger partial charge in [0, 0.05) is 39.5 Å². The molecule has 0 bridgehead atoms. The van der Waals surface area contributed by atoms with Gasteiger partial charge in [-0.15, -0.1) is 11.8 Å². The molecule has 1 N–H and O–H groups in total. The predicted octanol–water partition coefficient (Wildman–Crippen LogP) is 5.22. The highest BCUT2D eigenvalue weighted by atomic mass is 35.5. The number of anilines is 1. The lowest BCUT2D eigenvalue weighted by molar-refractivity contribution is 0.102. The van der Waals surface area contributed by atoms with E-state index in [-0.39, 0.29) is 5.91 Å². The summed E-state index contributed by atoms with van der Waals surface area (Å²) in [5, 5.41) is 8.20. The predicted molar refractivity (Wildman–Crippen MR) is 107 cm³/mol. The highest BCUT2D eigenvalue weighted by molar-refractivity contribution is 7.98. The smallest absolute Gasteiger partial charge is 0.276 e. The number of rotatable bonds is 2. The number of thioether (sulfide) groups is 1. The zero-order chi connectivity index (χ0) is 18.4. The minimum atomic E-state index is -0.181. The van der Waals surface area contributed by atoms with Crippen molar-refractivity contribution in [2.24, 2.45) is 7.05 Å². The molecule has 0 unspecified atom stereocenters. The van der Waals surface area contributed by atoms with Crippen LogP contribution in [0, 0.1) is 13.8 Å². The highest BCUT2D eigenvalue weighted by Crippen LogP contribution is 2.43. The maximum absolute atomic E-state index is 12.9. The number of nitrogens with zero attached hydrogens (tertiary/aromatic N) is 2. The second-order valence-corrected chi connectivity index (χ2v) is 7.95. The van der Waals surface area contributed by atoms with E-state index in [0.29, 0.717) is 16.5 Å². The monoisotopic (exact) mass is 383 g/mol. The minimum Gasteiger partial charge on any atom is -0.320 e. The molecule has 6 heteroatoms. The summed E-state index contributed by atoms with van der Waals surface area (Å²) in [4.78, 5) is 14.1. The van der Waals surface area contributed by atoms with Crippen LogP contribution in [0.2, 0.25) is 5.02 Å². The van der Waals surface area contributed by atoms with Gasteiger partial charge in [0.1, 0.15) is 0 Å². The van der Waals surface area contributed by atoms with Crippen molar-refractivity contribution in [1.29, 1.82) is 0 Å². The lowest BCUT2D eigenvalue weighted by Crippen LogP contribution is -2.15. The Morgan fingerprint density at radius 2 is 2.04 bits per heavy atom. The Morgan fingerprint density at radius 3 is 2.81 bits per heavy atom. The van der Waals surface area contributed by atoms with Crippen LogP contribution in [0.4, 0.5) is 5.69 Å². The van der Waals surface area contributed by atoms with Crippen molar-refractivity contribution in [2.45, 2.75) is 24.5 Å². The second-order valence-electron chi connectivity index (χ2n) is 6.50. The SMILES string of the molecule is Cc1ccc(NC(=O)c2nn(C)c3c2CSc2ccc(Cl)cc2-3)c(C)c1. The van der Waals surface area contributed by atoms with Crippen LogP contribution in [0.5, 0.6) is 0 Å². The number of nitrogens with one attached hydrogen (secondary N) is 1. The fourth-order valence-electron chi connectivity index (χ4n) is 3.32. The number of amides is 1. The molecule has 0 spiro atoms. The Hall–Kier alpha value is -2.24. The van der Waals surface area contributed by atoms with Gasteiger partial charge in [-0.25, -0.2) is 0 Å².